The van der Waals surface area contributed by atoms with E-state index in [1.165, 1.54) is 24.3 Å². The minimum atomic E-state index is -0.295. The molecule has 3 aromatic carbocycles. The van der Waals surface area contributed by atoms with Crippen LogP contribution in [-0.4, -0.2) is 56.1 Å². The van der Waals surface area contributed by atoms with E-state index in [2.05, 4.69) is 4.90 Å². The monoisotopic (exact) mass is 480 g/mol. The number of amides is 1. The second-order valence-corrected chi connectivity index (χ2v) is 8.61. The summed E-state index contributed by atoms with van der Waals surface area (Å²) in [5.41, 5.74) is 2.89. The molecule has 1 saturated heterocycles. The van der Waals surface area contributed by atoms with E-state index >= 15 is 0 Å². The molecule has 1 heterocycles. The fourth-order valence-corrected chi connectivity index (χ4v) is 4.58. The minimum absolute atomic E-state index is 0.111. The summed E-state index contributed by atoms with van der Waals surface area (Å²) in [5, 5.41) is 0. The summed E-state index contributed by atoms with van der Waals surface area (Å²) >= 11 is 0. The molecule has 0 spiro atoms. The van der Waals surface area contributed by atoms with E-state index in [4.69, 9.17) is 9.47 Å². The molecule has 1 aliphatic heterocycles. The van der Waals surface area contributed by atoms with Crippen molar-refractivity contribution in [3.8, 4) is 11.5 Å². The lowest BCUT2D eigenvalue weighted by molar-refractivity contribution is -0.133. The SMILES string of the molecule is COc1ccc(CCC(=O)N2CCN(C(c3ccc(F)cc3)c3ccc(F)cc3)CC2)cc1OC. The third-order valence-electron chi connectivity index (χ3n) is 6.48. The van der Waals surface area contributed by atoms with Gasteiger partial charge in [0, 0.05) is 32.6 Å². The van der Waals surface area contributed by atoms with E-state index < -0.39 is 0 Å². The van der Waals surface area contributed by atoms with Crippen LogP contribution in [0, 0.1) is 11.6 Å². The second-order valence-electron chi connectivity index (χ2n) is 8.61. The van der Waals surface area contributed by atoms with Gasteiger partial charge in [-0.1, -0.05) is 30.3 Å². The lowest BCUT2D eigenvalue weighted by Gasteiger charge is -2.40. The van der Waals surface area contributed by atoms with Crippen LogP contribution in [0.4, 0.5) is 8.78 Å². The molecule has 4 rings (SSSR count). The summed E-state index contributed by atoms with van der Waals surface area (Å²) in [6.45, 7) is 2.54. The molecular formula is C28H30F2N2O3. The van der Waals surface area contributed by atoms with E-state index in [1.807, 2.05) is 23.1 Å². The first-order valence-electron chi connectivity index (χ1n) is 11.7. The largest absolute Gasteiger partial charge is 0.493 e. The predicted octanol–water partition coefficient (Wildman–Crippen LogP) is 4.85. The molecule has 0 bridgehead atoms. The summed E-state index contributed by atoms with van der Waals surface area (Å²) < 4.78 is 37.7. The molecule has 1 amide bonds. The molecule has 184 valence electrons. The van der Waals surface area contributed by atoms with Crippen molar-refractivity contribution in [2.45, 2.75) is 18.9 Å². The Morgan fingerprint density at radius 2 is 1.34 bits per heavy atom. The smallest absolute Gasteiger partial charge is 0.222 e. The fourth-order valence-electron chi connectivity index (χ4n) is 4.58. The zero-order valence-corrected chi connectivity index (χ0v) is 20.0. The third kappa shape index (κ3) is 5.98. The van der Waals surface area contributed by atoms with Gasteiger partial charge in [0.1, 0.15) is 11.6 Å². The highest BCUT2D eigenvalue weighted by atomic mass is 19.1. The Hall–Kier alpha value is -3.45. The standard InChI is InChI=1S/C28H30F2N2O3/c1-34-25-13-3-20(19-26(25)35-2)4-14-27(33)31-15-17-32(18-16-31)28(21-5-9-23(29)10-6-21)22-7-11-24(30)12-8-22/h3,5-13,19,28H,4,14-18H2,1-2H3. The maximum Gasteiger partial charge on any atom is 0.222 e. The Morgan fingerprint density at radius 3 is 1.86 bits per heavy atom. The first-order valence-corrected chi connectivity index (χ1v) is 11.7. The summed E-state index contributed by atoms with van der Waals surface area (Å²) in [7, 11) is 3.19. The van der Waals surface area contributed by atoms with Crippen LogP contribution in [0.1, 0.15) is 29.2 Å². The number of carbonyl (C=O) groups is 1. The number of rotatable bonds is 8. The van der Waals surface area contributed by atoms with Crippen LogP contribution < -0.4 is 9.47 Å². The molecule has 0 atom stereocenters. The molecule has 0 aliphatic carbocycles. The highest BCUT2D eigenvalue weighted by Crippen LogP contribution is 2.31. The van der Waals surface area contributed by atoms with Crippen LogP contribution in [-0.2, 0) is 11.2 Å². The first kappa shape index (κ1) is 24.7. The Bertz CT molecular complexity index is 1080. The number of piperazine rings is 1. The molecule has 0 N–H and O–H groups in total. The van der Waals surface area contributed by atoms with E-state index in [0.29, 0.717) is 50.5 Å². The van der Waals surface area contributed by atoms with Crippen molar-refractivity contribution in [3.63, 3.8) is 0 Å². The number of hydrogen-bond donors (Lipinski definition) is 0. The summed E-state index contributed by atoms with van der Waals surface area (Å²) in [6, 6.07) is 18.4. The van der Waals surface area contributed by atoms with Crippen molar-refractivity contribution >= 4 is 5.91 Å². The number of nitrogens with zero attached hydrogens (tertiary/aromatic N) is 2. The molecule has 1 fully saturated rings. The van der Waals surface area contributed by atoms with Crippen molar-refractivity contribution in [3.05, 3.63) is 95.1 Å². The predicted molar refractivity (Wildman–Crippen MR) is 131 cm³/mol. The maximum absolute atomic E-state index is 13.5. The topological polar surface area (TPSA) is 42.0 Å². The summed E-state index contributed by atoms with van der Waals surface area (Å²) in [4.78, 5) is 17.1. The van der Waals surface area contributed by atoms with Crippen molar-refractivity contribution in [2.75, 3.05) is 40.4 Å². The Morgan fingerprint density at radius 1 is 0.800 bits per heavy atom. The van der Waals surface area contributed by atoms with Crippen molar-refractivity contribution in [1.82, 2.24) is 9.80 Å². The van der Waals surface area contributed by atoms with Gasteiger partial charge in [-0.2, -0.15) is 0 Å². The maximum atomic E-state index is 13.5. The number of methoxy groups -OCH3 is 2. The Labute approximate surface area is 204 Å². The van der Waals surface area contributed by atoms with Crippen molar-refractivity contribution in [1.29, 1.82) is 0 Å². The molecule has 0 unspecified atom stereocenters. The van der Waals surface area contributed by atoms with Gasteiger partial charge in [0.15, 0.2) is 11.5 Å². The van der Waals surface area contributed by atoms with Gasteiger partial charge in [0.2, 0.25) is 5.91 Å². The van der Waals surface area contributed by atoms with Gasteiger partial charge in [-0.3, -0.25) is 9.69 Å². The number of carbonyl (C=O) groups excluding carboxylic acids is 1. The molecule has 0 radical (unpaired) electrons. The number of ether oxygens (including phenoxy) is 2. The van der Waals surface area contributed by atoms with E-state index in [-0.39, 0.29) is 23.6 Å². The number of halogens is 2. The van der Waals surface area contributed by atoms with Gasteiger partial charge in [-0.05, 0) is 59.5 Å². The first-order chi connectivity index (χ1) is 17.0. The quantitative estimate of drug-likeness (QED) is 0.462. The van der Waals surface area contributed by atoms with Gasteiger partial charge >= 0.3 is 0 Å². The summed E-state index contributed by atoms with van der Waals surface area (Å²) in [5.74, 6) is 0.835. The van der Waals surface area contributed by atoms with Crippen LogP contribution in [0.25, 0.3) is 0 Å². The summed E-state index contributed by atoms with van der Waals surface area (Å²) in [6.07, 6.45) is 1.03. The molecule has 0 saturated carbocycles. The minimum Gasteiger partial charge on any atom is -0.493 e. The van der Waals surface area contributed by atoms with E-state index in [0.717, 1.165) is 16.7 Å². The van der Waals surface area contributed by atoms with Crippen LogP contribution >= 0.6 is 0 Å². The van der Waals surface area contributed by atoms with E-state index in [1.54, 1.807) is 38.5 Å². The third-order valence-corrected chi connectivity index (χ3v) is 6.48. The average Bonchev–Trinajstić information content (AvgIpc) is 2.89. The molecule has 5 nitrogen and oxygen atoms in total. The Kier molecular flexibility index (Phi) is 7.98. The average molecular weight is 481 g/mol. The van der Waals surface area contributed by atoms with Crippen LogP contribution in [0.2, 0.25) is 0 Å². The molecular weight excluding hydrogens is 450 g/mol. The zero-order valence-electron chi connectivity index (χ0n) is 20.0. The van der Waals surface area contributed by atoms with Crippen LogP contribution in [0.5, 0.6) is 11.5 Å². The lowest BCUT2D eigenvalue weighted by Crippen LogP contribution is -2.49. The molecule has 0 aromatic heterocycles. The number of aryl methyl sites for hydroxylation is 1. The van der Waals surface area contributed by atoms with Crippen LogP contribution in [0.3, 0.4) is 0 Å². The zero-order chi connectivity index (χ0) is 24.8. The lowest BCUT2D eigenvalue weighted by atomic mass is 9.96. The normalized spacial score (nSPS) is 14.3. The molecule has 1 aliphatic rings. The second kappa shape index (κ2) is 11.3. The number of benzene rings is 3. The van der Waals surface area contributed by atoms with Gasteiger partial charge < -0.3 is 14.4 Å². The number of hydrogen-bond acceptors (Lipinski definition) is 4. The molecule has 3 aromatic rings. The highest BCUT2D eigenvalue weighted by Gasteiger charge is 2.28. The van der Waals surface area contributed by atoms with Gasteiger partial charge in [0.05, 0.1) is 20.3 Å². The molecule has 35 heavy (non-hydrogen) atoms. The van der Waals surface area contributed by atoms with Gasteiger partial charge in [-0.25, -0.2) is 8.78 Å². The van der Waals surface area contributed by atoms with Gasteiger partial charge in [0.25, 0.3) is 0 Å². The van der Waals surface area contributed by atoms with Crippen LogP contribution in [0.15, 0.2) is 66.7 Å². The van der Waals surface area contributed by atoms with E-state index in [9.17, 15) is 13.6 Å². The fraction of sp³-hybridized carbons (Fsp3) is 0.321. The van der Waals surface area contributed by atoms with Gasteiger partial charge in [-0.15, -0.1) is 0 Å². The highest BCUT2D eigenvalue weighted by molar-refractivity contribution is 5.76. The van der Waals surface area contributed by atoms with Crippen molar-refractivity contribution < 1.29 is 23.0 Å². The Balaban J connectivity index is 1.39. The van der Waals surface area contributed by atoms with Crippen molar-refractivity contribution in [2.24, 2.45) is 0 Å². The molecule has 7 heteroatoms.